The van der Waals surface area contributed by atoms with Gasteiger partial charge in [-0.3, -0.25) is 4.79 Å². The SMILES string of the molecule is COc1cc(C(=O)c2cc(C)c(C)cc2Cl)ccc1F. The average molecular weight is 293 g/mol. The summed E-state index contributed by atoms with van der Waals surface area (Å²) in [6, 6.07) is 7.51. The van der Waals surface area contributed by atoms with Crippen molar-refractivity contribution in [3.05, 3.63) is 63.4 Å². The van der Waals surface area contributed by atoms with Crippen LogP contribution in [-0.2, 0) is 0 Å². The molecule has 2 aromatic carbocycles. The highest BCUT2D eigenvalue weighted by atomic mass is 35.5. The van der Waals surface area contributed by atoms with Crippen molar-refractivity contribution in [2.24, 2.45) is 0 Å². The lowest BCUT2D eigenvalue weighted by atomic mass is 9.99. The van der Waals surface area contributed by atoms with Crippen molar-refractivity contribution in [3.8, 4) is 5.75 Å². The lowest BCUT2D eigenvalue weighted by Gasteiger charge is -2.09. The molecule has 104 valence electrons. The molecule has 0 atom stereocenters. The van der Waals surface area contributed by atoms with Crippen LogP contribution >= 0.6 is 11.6 Å². The minimum absolute atomic E-state index is 0.0378. The van der Waals surface area contributed by atoms with Gasteiger partial charge in [0.25, 0.3) is 0 Å². The zero-order valence-corrected chi connectivity index (χ0v) is 12.2. The standard InChI is InChI=1S/C16H14ClFO2/c1-9-6-12(13(17)7-10(9)2)16(19)11-4-5-14(18)15(8-11)20-3/h4-8H,1-3H3. The maximum atomic E-state index is 13.4. The highest BCUT2D eigenvalue weighted by molar-refractivity contribution is 6.35. The van der Waals surface area contributed by atoms with Crippen LogP contribution in [0.1, 0.15) is 27.0 Å². The topological polar surface area (TPSA) is 26.3 Å². The molecular formula is C16H14ClFO2. The maximum Gasteiger partial charge on any atom is 0.194 e. The summed E-state index contributed by atoms with van der Waals surface area (Å²) in [7, 11) is 1.36. The van der Waals surface area contributed by atoms with Crippen molar-refractivity contribution in [2.75, 3.05) is 7.11 Å². The average Bonchev–Trinajstić information content (AvgIpc) is 2.42. The zero-order valence-electron chi connectivity index (χ0n) is 11.5. The molecule has 0 aliphatic carbocycles. The fourth-order valence-electron chi connectivity index (χ4n) is 1.91. The third-order valence-corrected chi connectivity index (χ3v) is 3.55. The van der Waals surface area contributed by atoms with Gasteiger partial charge in [0.1, 0.15) is 0 Å². The van der Waals surface area contributed by atoms with Crippen molar-refractivity contribution < 1.29 is 13.9 Å². The Bertz CT molecular complexity index is 680. The summed E-state index contributed by atoms with van der Waals surface area (Å²) in [4.78, 5) is 12.4. The lowest BCUT2D eigenvalue weighted by Crippen LogP contribution is -2.04. The molecule has 2 aromatic rings. The van der Waals surface area contributed by atoms with E-state index in [-0.39, 0.29) is 11.5 Å². The van der Waals surface area contributed by atoms with Crippen molar-refractivity contribution in [2.45, 2.75) is 13.8 Å². The van der Waals surface area contributed by atoms with Crippen LogP contribution in [0.15, 0.2) is 30.3 Å². The van der Waals surface area contributed by atoms with E-state index >= 15 is 0 Å². The summed E-state index contributed by atoms with van der Waals surface area (Å²) < 4.78 is 18.3. The van der Waals surface area contributed by atoms with Crippen LogP contribution in [0.3, 0.4) is 0 Å². The lowest BCUT2D eigenvalue weighted by molar-refractivity contribution is 0.103. The first-order valence-electron chi connectivity index (χ1n) is 6.09. The Kier molecular flexibility index (Phi) is 4.09. The number of hydrogen-bond donors (Lipinski definition) is 0. The van der Waals surface area contributed by atoms with E-state index in [1.165, 1.54) is 25.3 Å². The van der Waals surface area contributed by atoms with E-state index in [1.807, 2.05) is 13.8 Å². The van der Waals surface area contributed by atoms with E-state index in [1.54, 1.807) is 12.1 Å². The highest BCUT2D eigenvalue weighted by Gasteiger charge is 2.16. The van der Waals surface area contributed by atoms with Gasteiger partial charge in [-0.05, 0) is 55.3 Å². The second-order valence-electron chi connectivity index (χ2n) is 4.59. The van der Waals surface area contributed by atoms with Gasteiger partial charge in [-0.1, -0.05) is 11.6 Å². The number of methoxy groups -OCH3 is 1. The maximum absolute atomic E-state index is 13.4. The Morgan fingerprint density at radius 3 is 2.45 bits per heavy atom. The Morgan fingerprint density at radius 2 is 1.80 bits per heavy atom. The van der Waals surface area contributed by atoms with Gasteiger partial charge in [-0.25, -0.2) is 4.39 Å². The van der Waals surface area contributed by atoms with Crippen LogP contribution in [0.25, 0.3) is 0 Å². The normalized spacial score (nSPS) is 10.4. The van der Waals surface area contributed by atoms with E-state index in [9.17, 15) is 9.18 Å². The Morgan fingerprint density at radius 1 is 1.15 bits per heavy atom. The van der Waals surface area contributed by atoms with Crippen molar-refractivity contribution in [1.29, 1.82) is 0 Å². The Labute approximate surface area is 122 Å². The van der Waals surface area contributed by atoms with Gasteiger partial charge in [0, 0.05) is 11.1 Å². The van der Waals surface area contributed by atoms with Crippen LogP contribution < -0.4 is 4.74 Å². The molecule has 0 N–H and O–H groups in total. The second-order valence-corrected chi connectivity index (χ2v) is 5.00. The first-order valence-corrected chi connectivity index (χ1v) is 6.47. The largest absolute Gasteiger partial charge is 0.494 e. The van der Waals surface area contributed by atoms with Crippen LogP contribution in [0.2, 0.25) is 5.02 Å². The zero-order chi connectivity index (χ0) is 14.9. The van der Waals surface area contributed by atoms with Crippen molar-refractivity contribution in [3.63, 3.8) is 0 Å². The number of rotatable bonds is 3. The third kappa shape index (κ3) is 2.68. The molecule has 2 rings (SSSR count). The van der Waals surface area contributed by atoms with E-state index in [4.69, 9.17) is 16.3 Å². The minimum Gasteiger partial charge on any atom is -0.494 e. The number of hydrogen-bond acceptors (Lipinski definition) is 2. The number of carbonyl (C=O) groups excluding carboxylic acids is 1. The van der Waals surface area contributed by atoms with Gasteiger partial charge in [-0.2, -0.15) is 0 Å². The van der Waals surface area contributed by atoms with Crippen LogP contribution in [0, 0.1) is 19.7 Å². The monoisotopic (exact) mass is 292 g/mol. The molecule has 0 aliphatic heterocycles. The molecule has 0 radical (unpaired) electrons. The number of ketones is 1. The molecule has 4 heteroatoms. The summed E-state index contributed by atoms with van der Waals surface area (Å²) in [5.74, 6) is -0.720. The minimum atomic E-state index is -0.504. The third-order valence-electron chi connectivity index (χ3n) is 3.24. The molecule has 0 saturated carbocycles. The highest BCUT2D eigenvalue weighted by Crippen LogP contribution is 2.26. The molecule has 0 aliphatic rings. The Hall–Kier alpha value is -1.87. The molecule has 0 amide bonds. The second kappa shape index (κ2) is 5.63. The summed E-state index contributed by atoms with van der Waals surface area (Å²) in [5, 5.41) is 0.390. The first kappa shape index (κ1) is 14.5. The number of halogens is 2. The quantitative estimate of drug-likeness (QED) is 0.787. The van der Waals surface area contributed by atoms with Crippen molar-refractivity contribution >= 4 is 17.4 Å². The smallest absolute Gasteiger partial charge is 0.194 e. The molecule has 0 aromatic heterocycles. The molecule has 0 fully saturated rings. The van der Waals surface area contributed by atoms with E-state index < -0.39 is 5.82 Å². The molecule has 2 nitrogen and oxygen atoms in total. The summed E-state index contributed by atoms with van der Waals surface area (Å²) >= 11 is 6.13. The van der Waals surface area contributed by atoms with Crippen LogP contribution in [0.4, 0.5) is 4.39 Å². The molecule has 0 spiro atoms. The number of benzene rings is 2. The summed E-state index contributed by atoms with van der Waals surface area (Å²) in [6.45, 7) is 3.84. The molecule has 0 bridgehead atoms. The molecule has 0 unspecified atom stereocenters. The number of carbonyl (C=O) groups is 1. The van der Waals surface area contributed by atoms with Gasteiger partial charge in [0.05, 0.1) is 12.1 Å². The van der Waals surface area contributed by atoms with Gasteiger partial charge in [-0.15, -0.1) is 0 Å². The molecule has 20 heavy (non-hydrogen) atoms. The first-order chi connectivity index (χ1) is 9.43. The number of aryl methyl sites for hydroxylation is 2. The van der Waals surface area contributed by atoms with Gasteiger partial charge in [0.15, 0.2) is 17.3 Å². The predicted molar refractivity (Wildman–Crippen MR) is 77.3 cm³/mol. The Balaban J connectivity index is 2.49. The molecule has 0 heterocycles. The van der Waals surface area contributed by atoms with E-state index in [0.29, 0.717) is 16.1 Å². The van der Waals surface area contributed by atoms with Gasteiger partial charge >= 0.3 is 0 Å². The molecular weight excluding hydrogens is 279 g/mol. The summed E-state index contributed by atoms with van der Waals surface area (Å²) in [6.07, 6.45) is 0. The van der Waals surface area contributed by atoms with Crippen LogP contribution in [-0.4, -0.2) is 12.9 Å². The van der Waals surface area contributed by atoms with E-state index in [2.05, 4.69) is 0 Å². The van der Waals surface area contributed by atoms with Crippen LogP contribution in [0.5, 0.6) is 5.75 Å². The van der Waals surface area contributed by atoms with Crippen molar-refractivity contribution in [1.82, 2.24) is 0 Å². The van der Waals surface area contributed by atoms with Gasteiger partial charge < -0.3 is 4.74 Å². The fourth-order valence-corrected chi connectivity index (χ4v) is 2.22. The number of ether oxygens (including phenoxy) is 1. The molecule has 0 saturated heterocycles. The van der Waals surface area contributed by atoms with E-state index in [0.717, 1.165) is 11.1 Å². The summed E-state index contributed by atoms with van der Waals surface area (Å²) in [5.41, 5.74) is 2.74. The predicted octanol–water partition coefficient (Wildman–Crippen LogP) is 4.34. The van der Waals surface area contributed by atoms with Gasteiger partial charge in [0.2, 0.25) is 0 Å². The fraction of sp³-hybridized carbons (Fsp3) is 0.188.